The predicted octanol–water partition coefficient (Wildman–Crippen LogP) is 2.84. The summed E-state index contributed by atoms with van der Waals surface area (Å²) in [5, 5.41) is 16.1. The smallest absolute Gasteiger partial charge is 0.404 e. The molecule has 1 aliphatic rings. The summed E-state index contributed by atoms with van der Waals surface area (Å²) in [5.74, 6) is 0.608. The fourth-order valence-corrected chi connectivity index (χ4v) is 3.36. The molecular weight excluding hydrogens is 330 g/mol. The number of halogens is 1. The van der Waals surface area contributed by atoms with Crippen molar-refractivity contribution < 1.29 is 9.90 Å². The summed E-state index contributed by atoms with van der Waals surface area (Å²) in [6, 6.07) is 1.95. The second-order valence-corrected chi connectivity index (χ2v) is 6.34. The molecule has 1 amide bonds. The van der Waals surface area contributed by atoms with Crippen LogP contribution in [0.2, 0.25) is 0 Å². The zero-order chi connectivity index (χ0) is 16.9. The molecule has 0 aliphatic carbocycles. The van der Waals surface area contributed by atoms with Crippen molar-refractivity contribution in [2.75, 3.05) is 35.7 Å². The lowest BCUT2D eigenvalue weighted by atomic mass is 10.0. The van der Waals surface area contributed by atoms with Gasteiger partial charge in [-0.25, -0.2) is 9.78 Å². The van der Waals surface area contributed by atoms with Crippen LogP contribution < -0.4 is 15.5 Å². The summed E-state index contributed by atoms with van der Waals surface area (Å²) in [5.41, 5.74) is 2.87. The van der Waals surface area contributed by atoms with Crippen molar-refractivity contribution in [3.8, 4) is 0 Å². The highest BCUT2D eigenvalue weighted by atomic mass is 35.5. The maximum atomic E-state index is 11.0. The summed E-state index contributed by atoms with van der Waals surface area (Å²) >= 11 is 5.77. The molecule has 2 aromatic rings. The standard InChI is InChI=1S/C16H22ClN5O2/c17-5-2-6-18-13-9-20-15-12(4-7-19-15)14(13)22-8-1-3-11(10-22)21-16(23)24/h4,7,9,11,18,21H,1-3,5-6,8,10H2,(H,19,20)(H,23,24). The molecule has 0 spiro atoms. The van der Waals surface area contributed by atoms with E-state index in [1.165, 1.54) is 0 Å². The second kappa shape index (κ2) is 7.61. The van der Waals surface area contributed by atoms with E-state index >= 15 is 0 Å². The third-order valence-electron chi connectivity index (χ3n) is 4.25. The summed E-state index contributed by atoms with van der Waals surface area (Å²) < 4.78 is 0. The molecule has 4 N–H and O–H groups in total. The molecule has 0 bridgehead atoms. The molecule has 3 heterocycles. The number of H-pyrrole nitrogens is 1. The number of aromatic nitrogens is 2. The van der Waals surface area contributed by atoms with Crippen molar-refractivity contribution in [3.05, 3.63) is 18.5 Å². The van der Waals surface area contributed by atoms with Gasteiger partial charge in [-0.15, -0.1) is 11.6 Å². The number of fused-ring (bicyclic) bond motifs is 1. The maximum Gasteiger partial charge on any atom is 0.404 e. The molecule has 0 aromatic carbocycles. The topological polar surface area (TPSA) is 93.3 Å². The molecule has 2 aromatic heterocycles. The van der Waals surface area contributed by atoms with Gasteiger partial charge in [0.25, 0.3) is 0 Å². The third kappa shape index (κ3) is 3.67. The van der Waals surface area contributed by atoms with E-state index in [9.17, 15) is 4.79 Å². The van der Waals surface area contributed by atoms with Crippen LogP contribution in [0.15, 0.2) is 18.5 Å². The highest BCUT2D eigenvalue weighted by molar-refractivity contribution is 6.17. The number of carbonyl (C=O) groups is 1. The van der Waals surface area contributed by atoms with Gasteiger partial charge < -0.3 is 25.6 Å². The van der Waals surface area contributed by atoms with E-state index in [4.69, 9.17) is 16.7 Å². The average Bonchev–Trinajstić information content (AvgIpc) is 3.03. The highest BCUT2D eigenvalue weighted by Gasteiger charge is 2.25. The normalized spacial score (nSPS) is 17.9. The van der Waals surface area contributed by atoms with Gasteiger partial charge in [0.2, 0.25) is 0 Å². The average molecular weight is 352 g/mol. The van der Waals surface area contributed by atoms with Gasteiger partial charge in [0.1, 0.15) is 5.65 Å². The first-order valence-corrected chi connectivity index (χ1v) is 8.73. The number of nitrogens with one attached hydrogen (secondary N) is 3. The van der Waals surface area contributed by atoms with Gasteiger partial charge in [-0.1, -0.05) is 0 Å². The number of aromatic amines is 1. The number of amides is 1. The molecule has 1 aliphatic heterocycles. The van der Waals surface area contributed by atoms with E-state index in [1.807, 2.05) is 18.5 Å². The molecule has 8 heteroatoms. The Labute approximate surface area is 145 Å². The van der Waals surface area contributed by atoms with Crippen molar-refractivity contribution in [2.45, 2.75) is 25.3 Å². The predicted molar refractivity (Wildman–Crippen MR) is 96.3 cm³/mol. The zero-order valence-corrected chi connectivity index (χ0v) is 14.1. The van der Waals surface area contributed by atoms with Crippen LogP contribution in [0.25, 0.3) is 11.0 Å². The summed E-state index contributed by atoms with van der Waals surface area (Å²) in [7, 11) is 0. The van der Waals surface area contributed by atoms with Crippen molar-refractivity contribution in [1.82, 2.24) is 15.3 Å². The first kappa shape index (κ1) is 16.7. The third-order valence-corrected chi connectivity index (χ3v) is 4.52. The Balaban J connectivity index is 1.88. The summed E-state index contributed by atoms with van der Waals surface area (Å²) in [6.45, 7) is 2.33. The first-order valence-electron chi connectivity index (χ1n) is 8.19. The van der Waals surface area contributed by atoms with Crippen molar-refractivity contribution in [3.63, 3.8) is 0 Å². The van der Waals surface area contributed by atoms with Gasteiger partial charge in [0, 0.05) is 43.1 Å². The Morgan fingerprint density at radius 2 is 2.42 bits per heavy atom. The summed E-state index contributed by atoms with van der Waals surface area (Å²) in [4.78, 5) is 20.8. The van der Waals surface area contributed by atoms with E-state index in [1.54, 1.807) is 0 Å². The number of hydrogen-bond donors (Lipinski definition) is 4. The molecule has 0 saturated carbocycles. The minimum Gasteiger partial charge on any atom is -0.465 e. The van der Waals surface area contributed by atoms with Crippen LogP contribution in [-0.4, -0.2) is 52.7 Å². The Morgan fingerprint density at radius 3 is 3.21 bits per heavy atom. The quantitative estimate of drug-likeness (QED) is 0.474. The lowest BCUT2D eigenvalue weighted by Gasteiger charge is -2.35. The lowest BCUT2D eigenvalue weighted by Crippen LogP contribution is -2.47. The van der Waals surface area contributed by atoms with Gasteiger partial charge in [-0.3, -0.25) is 0 Å². The monoisotopic (exact) mass is 351 g/mol. The number of nitrogens with zero attached hydrogens (tertiary/aromatic N) is 2. The SMILES string of the molecule is O=C(O)NC1CCCN(c2c(NCCCCl)cnc3[nH]ccc23)C1. The van der Waals surface area contributed by atoms with Gasteiger partial charge in [-0.2, -0.15) is 0 Å². The minimum atomic E-state index is -0.969. The summed E-state index contributed by atoms with van der Waals surface area (Å²) in [6.07, 6.45) is 5.41. The van der Waals surface area contributed by atoms with Crippen LogP contribution >= 0.6 is 11.6 Å². The molecule has 24 heavy (non-hydrogen) atoms. The van der Waals surface area contributed by atoms with Crippen LogP contribution in [0.5, 0.6) is 0 Å². The maximum absolute atomic E-state index is 11.0. The van der Waals surface area contributed by atoms with Crippen molar-refractivity contribution in [2.24, 2.45) is 0 Å². The fourth-order valence-electron chi connectivity index (χ4n) is 3.23. The van der Waals surface area contributed by atoms with E-state index in [2.05, 4.69) is 25.5 Å². The second-order valence-electron chi connectivity index (χ2n) is 5.96. The number of anilines is 2. The first-order chi connectivity index (χ1) is 11.7. The molecular formula is C16H22ClN5O2. The van der Waals surface area contributed by atoms with Gasteiger partial charge in [-0.05, 0) is 25.3 Å². The Hall–Kier alpha value is -2.15. The van der Waals surface area contributed by atoms with Gasteiger partial charge in [0.15, 0.2) is 0 Å². The van der Waals surface area contributed by atoms with Crippen LogP contribution in [0.3, 0.4) is 0 Å². The van der Waals surface area contributed by atoms with Gasteiger partial charge >= 0.3 is 6.09 Å². The van der Waals surface area contributed by atoms with Crippen LogP contribution in [-0.2, 0) is 0 Å². The number of hydrogen-bond acceptors (Lipinski definition) is 4. The Morgan fingerprint density at radius 1 is 1.54 bits per heavy atom. The minimum absolute atomic E-state index is 0.0610. The molecule has 1 saturated heterocycles. The zero-order valence-electron chi connectivity index (χ0n) is 13.4. The van der Waals surface area contributed by atoms with E-state index in [0.29, 0.717) is 12.4 Å². The van der Waals surface area contributed by atoms with Crippen LogP contribution in [0.1, 0.15) is 19.3 Å². The number of alkyl halides is 1. The largest absolute Gasteiger partial charge is 0.465 e. The highest BCUT2D eigenvalue weighted by Crippen LogP contribution is 2.34. The Kier molecular flexibility index (Phi) is 5.30. The molecule has 1 unspecified atom stereocenters. The molecule has 1 atom stereocenters. The number of carboxylic acid groups (broad SMARTS) is 1. The molecule has 7 nitrogen and oxygen atoms in total. The van der Waals surface area contributed by atoms with E-state index in [0.717, 1.165) is 54.8 Å². The molecule has 130 valence electrons. The van der Waals surface area contributed by atoms with Crippen molar-refractivity contribution >= 4 is 40.1 Å². The van der Waals surface area contributed by atoms with E-state index < -0.39 is 6.09 Å². The number of rotatable bonds is 6. The number of pyridine rings is 1. The fraction of sp³-hybridized carbons (Fsp3) is 0.500. The molecule has 3 rings (SSSR count). The van der Waals surface area contributed by atoms with E-state index in [-0.39, 0.29) is 6.04 Å². The number of piperidine rings is 1. The van der Waals surface area contributed by atoms with Crippen LogP contribution in [0.4, 0.5) is 16.2 Å². The van der Waals surface area contributed by atoms with Gasteiger partial charge in [0.05, 0.1) is 17.6 Å². The lowest BCUT2D eigenvalue weighted by molar-refractivity contribution is 0.188. The van der Waals surface area contributed by atoms with Crippen LogP contribution in [0, 0.1) is 0 Å². The Bertz CT molecular complexity index is 705. The molecule has 1 fully saturated rings. The van der Waals surface area contributed by atoms with Crippen molar-refractivity contribution in [1.29, 1.82) is 0 Å². The molecule has 0 radical (unpaired) electrons.